The second-order valence-electron chi connectivity index (χ2n) is 16.0. The van der Waals surface area contributed by atoms with Crippen LogP contribution >= 0.6 is 0 Å². The lowest BCUT2D eigenvalue weighted by Crippen LogP contribution is -2.68. The van der Waals surface area contributed by atoms with Crippen LogP contribution in [0.25, 0.3) is 0 Å². The van der Waals surface area contributed by atoms with E-state index >= 15 is 0 Å². The largest absolute Gasteiger partial charge is 0.469 e. The molecule has 0 radical (unpaired) electrons. The van der Waals surface area contributed by atoms with E-state index in [-0.39, 0.29) is 62.2 Å². The number of fused-ring (bicyclic) bond motifs is 7. The lowest BCUT2D eigenvalue weighted by atomic mass is 9.31. The highest BCUT2D eigenvalue weighted by molar-refractivity contribution is 5.96. The average Bonchev–Trinajstić information content (AvgIpc) is 2.82. The van der Waals surface area contributed by atoms with Gasteiger partial charge >= 0.3 is 5.97 Å². The van der Waals surface area contributed by atoms with Crippen molar-refractivity contribution in [1.29, 1.82) is 0 Å². The van der Waals surface area contributed by atoms with Gasteiger partial charge in [0, 0.05) is 13.0 Å². The van der Waals surface area contributed by atoms with Gasteiger partial charge in [0.05, 0.1) is 18.6 Å². The van der Waals surface area contributed by atoms with Crippen LogP contribution in [0, 0.1) is 49.7 Å². The number of ketones is 1. The zero-order valence-electron chi connectivity index (χ0n) is 25.3. The van der Waals surface area contributed by atoms with E-state index in [2.05, 4.69) is 61.5 Å². The fourth-order valence-electron chi connectivity index (χ4n) is 11.1. The molecular weight excluding hydrogens is 460 g/mol. The standard InChI is InChI=1S/C33H52O4/c1-27(2)13-17-33(26(35)37-10)18-15-31(7)25(21(33)20-27)22(34)19-23-29(31,5)14-16-32(8)28(3,4)24(36-9)11-12-30(23,32)6/h19,21,24-25H,11-18,20H2,1-10H3. The van der Waals surface area contributed by atoms with Gasteiger partial charge in [-0.15, -0.1) is 0 Å². The van der Waals surface area contributed by atoms with Crippen molar-refractivity contribution in [1.82, 2.24) is 0 Å². The van der Waals surface area contributed by atoms with Crippen LogP contribution in [-0.4, -0.2) is 32.1 Å². The fraction of sp³-hybridized carbons (Fsp3) is 0.879. The summed E-state index contributed by atoms with van der Waals surface area (Å²) < 4.78 is 11.5. The third kappa shape index (κ3) is 3.11. The van der Waals surface area contributed by atoms with Crippen molar-refractivity contribution in [3.05, 3.63) is 11.6 Å². The highest BCUT2D eigenvalue weighted by Gasteiger charge is 2.73. The van der Waals surface area contributed by atoms with E-state index in [1.165, 1.54) is 12.7 Å². The molecule has 0 N–H and O–H groups in total. The molecule has 208 valence electrons. The number of allylic oxidation sites excluding steroid dienone is 2. The summed E-state index contributed by atoms with van der Waals surface area (Å²) in [5.74, 6) is 0.129. The van der Waals surface area contributed by atoms with Crippen molar-refractivity contribution < 1.29 is 19.1 Å². The molecule has 4 saturated carbocycles. The van der Waals surface area contributed by atoms with Gasteiger partial charge in [0.2, 0.25) is 0 Å². The predicted molar refractivity (Wildman–Crippen MR) is 147 cm³/mol. The van der Waals surface area contributed by atoms with Gasteiger partial charge in [-0.1, -0.05) is 61.0 Å². The van der Waals surface area contributed by atoms with Gasteiger partial charge in [-0.2, -0.15) is 0 Å². The SMILES string of the molecule is COC(=O)C12CCC(C)(C)CC1C1C(=O)C=C3C(C)(CCC4(C)C3(C)CCC(OC)C4(C)C)C1(C)CC2. The Morgan fingerprint density at radius 2 is 1.49 bits per heavy atom. The smallest absolute Gasteiger partial charge is 0.312 e. The van der Waals surface area contributed by atoms with Crippen LogP contribution in [0.4, 0.5) is 0 Å². The summed E-state index contributed by atoms with van der Waals surface area (Å²) in [6.45, 7) is 19.3. The minimum Gasteiger partial charge on any atom is -0.469 e. The van der Waals surface area contributed by atoms with E-state index < -0.39 is 5.41 Å². The van der Waals surface area contributed by atoms with E-state index in [9.17, 15) is 9.59 Å². The Hall–Kier alpha value is -1.16. The first-order valence-corrected chi connectivity index (χ1v) is 14.9. The Bertz CT molecular complexity index is 1040. The number of carbonyl (C=O) groups is 2. The number of methoxy groups -OCH3 is 2. The molecule has 5 rings (SSSR count). The van der Waals surface area contributed by atoms with Crippen LogP contribution in [0.1, 0.15) is 113 Å². The van der Waals surface area contributed by atoms with Crippen molar-refractivity contribution in [3.63, 3.8) is 0 Å². The third-order valence-corrected chi connectivity index (χ3v) is 14.3. The molecule has 37 heavy (non-hydrogen) atoms. The van der Waals surface area contributed by atoms with Crippen LogP contribution in [0.3, 0.4) is 0 Å². The molecule has 8 unspecified atom stereocenters. The Labute approximate surface area is 225 Å². The molecule has 4 fully saturated rings. The lowest BCUT2D eigenvalue weighted by molar-refractivity contribution is -0.212. The molecule has 0 amide bonds. The number of esters is 1. The molecule has 0 bridgehead atoms. The number of carbonyl (C=O) groups excluding carboxylic acids is 2. The van der Waals surface area contributed by atoms with Gasteiger partial charge in [0.25, 0.3) is 0 Å². The summed E-state index contributed by atoms with van der Waals surface area (Å²) in [5, 5.41) is 0. The molecule has 0 saturated heterocycles. The summed E-state index contributed by atoms with van der Waals surface area (Å²) in [6, 6.07) is 0. The number of hydrogen-bond acceptors (Lipinski definition) is 4. The first kappa shape index (κ1) is 27.4. The van der Waals surface area contributed by atoms with Gasteiger partial charge in [-0.25, -0.2) is 0 Å². The summed E-state index contributed by atoms with van der Waals surface area (Å²) in [6.07, 6.45) is 11.2. The molecule has 4 nitrogen and oxygen atoms in total. The second kappa shape index (κ2) is 7.95. The second-order valence-corrected chi connectivity index (χ2v) is 16.0. The maximum atomic E-state index is 14.5. The summed E-state index contributed by atoms with van der Waals surface area (Å²) in [7, 11) is 3.40. The van der Waals surface area contributed by atoms with Crippen LogP contribution in [0.2, 0.25) is 0 Å². The van der Waals surface area contributed by atoms with Gasteiger partial charge in [-0.05, 0) is 102 Å². The Morgan fingerprint density at radius 3 is 2.11 bits per heavy atom. The highest BCUT2D eigenvalue weighted by Crippen LogP contribution is 2.78. The van der Waals surface area contributed by atoms with Crippen molar-refractivity contribution in [2.24, 2.45) is 49.7 Å². The zero-order valence-corrected chi connectivity index (χ0v) is 25.3. The maximum absolute atomic E-state index is 14.5. The molecule has 0 aromatic carbocycles. The van der Waals surface area contributed by atoms with Crippen LogP contribution < -0.4 is 0 Å². The molecule has 5 aliphatic rings. The number of rotatable bonds is 2. The fourth-order valence-corrected chi connectivity index (χ4v) is 11.1. The van der Waals surface area contributed by atoms with Crippen molar-refractivity contribution >= 4 is 11.8 Å². The molecule has 8 atom stereocenters. The summed E-state index contributed by atoms with van der Waals surface area (Å²) in [5.41, 5.74) is 0.813. The van der Waals surface area contributed by atoms with Crippen LogP contribution in [-0.2, 0) is 19.1 Å². The van der Waals surface area contributed by atoms with E-state index in [1.54, 1.807) is 0 Å². The molecule has 0 aromatic heterocycles. The molecular formula is C33H52O4. The molecule has 5 aliphatic carbocycles. The summed E-state index contributed by atoms with van der Waals surface area (Å²) in [4.78, 5) is 27.9. The molecule has 4 heteroatoms. The first-order valence-electron chi connectivity index (χ1n) is 14.9. The number of ether oxygens (including phenoxy) is 2. The molecule has 0 heterocycles. The Morgan fingerprint density at radius 1 is 0.838 bits per heavy atom. The first-order chi connectivity index (χ1) is 17.0. The monoisotopic (exact) mass is 512 g/mol. The lowest BCUT2D eigenvalue weighted by Gasteiger charge is -2.73. The quantitative estimate of drug-likeness (QED) is 0.359. The van der Waals surface area contributed by atoms with Gasteiger partial charge in [-0.3, -0.25) is 9.59 Å². The van der Waals surface area contributed by atoms with Crippen molar-refractivity contribution in [2.75, 3.05) is 14.2 Å². The minimum absolute atomic E-state index is 0.0116. The highest BCUT2D eigenvalue weighted by atomic mass is 16.5. The maximum Gasteiger partial charge on any atom is 0.312 e. The number of hydrogen-bond donors (Lipinski definition) is 0. The summed E-state index contributed by atoms with van der Waals surface area (Å²) >= 11 is 0. The van der Waals surface area contributed by atoms with Gasteiger partial charge in [0.15, 0.2) is 5.78 Å². The normalized spacial score (nSPS) is 50.1. The van der Waals surface area contributed by atoms with Gasteiger partial charge in [0.1, 0.15) is 0 Å². The van der Waals surface area contributed by atoms with E-state index in [1.807, 2.05) is 7.11 Å². The topological polar surface area (TPSA) is 52.6 Å². The third-order valence-electron chi connectivity index (χ3n) is 14.3. The molecule has 0 aromatic rings. The van der Waals surface area contributed by atoms with E-state index in [4.69, 9.17) is 9.47 Å². The Kier molecular flexibility index (Phi) is 5.89. The van der Waals surface area contributed by atoms with E-state index in [0.29, 0.717) is 0 Å². The van der Waals surface area contributed by atoms with Crippen molar-refractivity contribution in [3.8, 4) is 0 Å². The van der Waals surface area contributed by atoms with Gasteiger partial charge < -0.3 is 9.47 Å². The predicted octanol–water partition coefficient (Wildman–Crippen LogP) is 7.55. The van der Waals surface area contributed by atoms with Crippen molar-refractivity contribution in [2.45, 2.75) is 119 Å². The minimum atomic E-state index is -0.516. The average molecular weight is 513 g/mol. The molecule has 0 aliphatic heterocycles. The van der Waals surface area contributed by atoms with Crippen LogP contribution in [0.5, 0.6) is 0 Å². The zero-order chi connectivity index (χ0) is 27.4. The Balaban J connectivity index is 1.66. The van der Waals surface area contributed by atoms with Crippen LogP contribution in [0.15, 0.2) is 11.6 Å². The molecule has 0 spiro atoms. The van der Waals surface area contributed by atoms with E-state index in [0.717, 1.165) is 57.8 Å².